The fourth-order valence-electron chi connectivity index (χ4n) is 2.71. The first-order valence-electron chi connectivity index (χ1n) is 6.69. The summed E-state index contributed by atoms with van der Waals surface area (Å²) in [6, 6.07) is 7.98. The minimum atomic E-state index is -0.479. The van der Waals surface area contributed by atoms with E-state index in [2.05, 4.69) is 6.07 Å². The van der Waals surface area contributed by atoms with Gasteiger partial charge in [-0.3, -0.25) is 14.9 Å². The molecule has 0 radical (unpaired) electrons. The molecule has 0 spiro atoms. The van der Waals surface area contributed by atoms with Crippen LogP contribution in [-0.2, 0) is 6.42 Å². The Hall–Kier alpha value is -2.21. The van der Waals surface area contributed by atoms with Crippen molar-refractivity contribution in [3.8, 4) is 0 Å². The quantitative estimate of drug-likeness (QED) is 0.630. The summed E-state index contributed by atoms with van der Waals surface area (Å²) in [5, 5.41) is 12.9. The molecule has 5 nitrogen and oxygen atoms in total. The van der Waals surface area contributed by atoms with Gasteiger partial charge in [0.15, 0.2) is 0 Å². The van der Waals surface area contributed by atoms with E-state index in [4.69, 9.17) is 0 Å². The van der Waals surface area contributed by atoms with Crippen LogP contribution in [0.1, 0.15) is 33.8 Å². The van der Waals surface area contributed by atoms with E-state index in [0.29, 0.717) is 12.1 Å². The Labute approximate surface area is 126 Å². The van der Waals surface area contributed by atoms with Gasteiger partial charge < -0.3 is 4.90 Å². The maximum absolute atomic E-state index is 12.6. The van der Waals surface area contributed by atoms with Crippen molar-refractivity contribution >= 4 is 22.9 Å². The lowest BCUT2D eigenvalue weighted by Gasteiger charge is -2.33. The number of carbonyl (C=O) groups excluding carboxylic acids is 1. The van der Waals surface area contributed by atoms with Gasteiger partial charge in [0.1, 0.15) is 0 Å². The number of non-ortho nitro benzene ring substituents is 1. The van der Waals surface area contributed by atoms with Gasteiger partial charge in [0.25, 0.3) is 11.6 Å². The van der Waals surface area contributed by atoms with Gasteiger partial charge in [-0.2, -0.15) is 0 Å². The second kappa shape index (κ2) is 5.29. The number of nitro groups is 1. The summed E-state index contributed by atoms with van der Waals surface area (Å²) in [5.41, 5.74) is 1.50. The fraction of sp³-hybridized carbons (Fsp3) is 0.267. The number of benzene rings is 1. The highest BCUT2D eigenvalue weighted by atomic mass is 32.1. The van der Waals surface area contributed by atoms with Gasteiger partial charge in [0.2, 0.25) is 0 Å². The third-order valence-corrected chi connectivity index (χ3v) is 4.84. The lowest BCUT2D eigenvalue weighted by Crippen LogP contribution is -2.38. The molecule has 3 rings (SSSR count). The number of hydrogen-bond acceptors (Lipinski definition) is 4. The molecule has 0 saturated heterocycles. The van der Waals surface area contributed by atoms with Gasteiger partial charge in [-0.15, -0.1) is 11.3 Å². The first kappa shape index (κ1) is 13.8. The van der Waals surface area contributed by atoms with Crippen LogP contribution in [0.3, 0.4) is 0 Å². The number of thiophene rings is 1. The molecule has 0 saturated carbocycles. The summed E-state index contributed by atoms with van der Waals surface area (Å²) in [5.74, 6) is -0.150. The average Bonchev–Trinajstić information content (AvgIpc) is 2.96. The van der Waals surface area contributed by atoms with E-state index in [-0.39, 0.29) is 17.6 Å². The topological polar surface area (TPSA) is 63.5 Å². The van der Waals surface area contributed by atoms with Crippen LogP contribution in [0, 0.1) is 10.1 Å². The van der Waals surface area contributed by atoms with Gasteiger partial charge in [-0.1, -0.05) is 6.07 Å². The van der Waals surface area contributed by atoms with Gasteiger partial charge in [-0.05, 0) is 36.4 Å². The molecule has 1 atom stereocenters. The van der Waals surface area contributed by atoms with Crippen LogP contribution in [-0.4, -0.2) is 22.3 Å². The predicted octanol–water partition coefficient (Wildman–Crippen LogP) is 3.42. The number of nitrogens with zero attached hydrogens (tertiary/aromatic N) is 2. The van der Waals surface area contributed by atoms with Crippen LogP contribution in [0.25, 0.3) is 0 Å². The lowest BCUT2D eigenvalue weighted by atomic mass is 10.0. The number of fused-ring (bicyclic) bond motifs is 1. The van der Waals surface area contributed by atoms with Gasteiger partial charge in [0, 0.05) is 29.1 Å². The highest BCUT2D eigenvalue weighted by Gasteiger charge is 2.29. The van der Waals surface area contributed by atoms with Crippen LogP contribution in [0.4, 0.5) is 5.69 Å². The molecule has 1 aliphatic heterocycles. The molecule has 0 fully saturated rings. The third-order valence-electron chi connectivity index (χ3n) is 3.84. The summed E-state index contributed by atoms with van der Waals surface area (Å²) in [6.07, 6.45) is 0.845. The van der Waals surface area contributed by atoms with E-state index < -0.39 is 4.92 Å². The van der Waals surface area contributed by atoms with Crippen LogP contribution < -0.4 is 0 Å². The molecule has 0 unspecified atom stereocenters. The van der Waals surface area contributed by atoms with Gasteiger partial charge in [-0.25, -0.2) is 0 Å². The van der Waals surface area contributed by atoms with Crippen molar-refractivity contribution < 1.29 is 9.72 Å². The molecule has 2 aromatic rings. The Bertz CT molecular complexity index is 710. The van der Waals surface area contributed by atoms with E-state index in [0.717, 1.165) is 6.42 Å². The van der Waals surface area contributed by atoms with Crippen molar-refractivity contribution in [2.45, 2.75) is 19.4 Å². The van der Waals surface area contributed by atoms with E-state index in [9.17, 15) is 14.9 Å². The Kier molecular flexibility index (Phi) is 3.47. The Morgan fingerprint density at radius 2 is 2.24 bits per heavy atom. The smallest absolute Gasteiger partial charge is 0.270 e. The molecular formula is C15H14N2O3S. The third kappa shape index (κ3) is 2.42. The molecule has 0 aliphatic carbocycles. The standard InChI is InChI=1S/C15H14N2O3S/c1-10-13-6-8-21-14(13)5-7-16(10)15(18)11-3-2-4-12(9-11)17(19)20/h2-4,6,8-10H,5,7H2,1H3/t10-/m0/s1. The highest BCUT2D eigenvalue weighted by molar-refractivity contribution is 7.10. The second-order valence-corrected chi connectivity index (χ2v) is 6.03. The van der Waals surface area contributed by atoms with Crippen molar-refractivity contribution in [1.29, 1.82) is 0 Å². The highest BCUT2D eigenvalue weighted by Crippen LogP contribution is 2.33. The molecular weight excluding hydrogens is 288 g/mol. The SMILES string of the molecule is C[C@H]1c2ccsc2CCN1C(=O)c1cccc([N+](=O)[O-])c1. The molecule has 108 valence electrons. The predicted molar refractivity (Wildman–Crippen MR) is 80.6 cm³/mol. The zero-order chi connectivity index (χ0) is 15.0. The molecule has 1 amide bonds. The summed E-state index contributed by atoms with van der Waals surface area (Å²) in [4.78, 5) is 26.1. The first-order chi connectivity index (χ1) is 10.1. The molecule has 1 aromatic carbocycles. The van der Waals surface area contributed by atoms with Gasteiger partial charge in [0.05, 0.1) is 11.0 Å². The number of amides is 1. The molecule has 0 N–H and O–H groups in total. The summed E-state index contributed by atoms with van der Waals surface area (Å²) in [6.45, 7) is 2.65. The molecule has 0 bridgehead atoms. The summed E-state index contributed by atoms with van der Waals surface area (Å²) in [7, 11) is 0. The molecule has 2 heterocycles. The minimum absolute atomic E-state index is 0.00626. The zero-order valence-electron chi connectivity index (χ0n) is 11.5. The average molecular weight is 302 g/mol. The number of hydrogen-bond donors (Lipinski definition) is 0. The Morgan fingerprint density at radius 1 is 1.43 bits per heavy atom. The van der Waals surface area contributed by atoms with E-state index in [1.807, 2.05) is 12.3 Å². The van der Waals surface area contributed by atoms with Crippen molar-refractivity contribution in [1.82, 2.24) is 4.90 Å². The van der Waals surface area contributed by atoms with E-state index in [1.165, 1.54) is 22.6 Å². The summed E-state index contributed by atoms with van der Waals surface area (Å²) >= 11 is 1.72. The Balaban J connectivity index is 1.89. The monoisotopic (exact) mass is 302 g/mol. The summed E-state index contributed by atoms with van der Waals surface area (Å²) < 4.78 is 0. The van der Waals surface area contributed by atoms with Gasteiger partial charge >= 0.3 is 0 Å². The maximum Gasteiger partial charge on any atom is 0.270 e. The van der Waals surface area contributed by atoms with E-state index >= 15 is 0 Å². The molecule has 6 heteroatoms. The molecule has 21 heavy (non-hydrogen) atoms. The zero-order valence-corrected chi connectivity index (χ0v) is 12.3. The molecule has 1 aromatic heterocycles. The van der Waals surface area contributed by atoms with Crippen LogP contribution in [0.5, 0.6) is 0 Å². The van der Waals surface area contributed by atoms with E-state index in [1.54, 1.807) is 28.4 Å². The second-order valence-electron chi connectivity index (χ2n) is 5.03. The largest absolute Gasteiger partial charge is 0.331 e. The lowest BCUT2D eigenvalue weighted by molar-refractivity contribution is -0.384. The normalized spacial score (nSPS) is 17.4. The van der Waals surface area contributed by atoms with Crippen LogP contribution in [0.2, 0.25) is 0 Å². The number of rotatable bonds is 2. The van der Waals surface area contributed by atoms with Crippen LogP contribution >= 0.6 is 11.3 Å². The fourth-order valence-corrected chi connectivity index (χ4v) is 3.67. The molecule has 1 aliphatic rings. The number of nitro benzene ring substituents is 1. The maximum atomic E-state index is 12.6. The van der Waals surface area contributed by atoms with Crippen LogP contribution in [0.15, 0.2) is 35.7 Å². The first-order valence-corrected chi connectivity index (χ1v) is 7.57. The van der Waals surface area contributed by atoms with Crippen molar-refractivity contribution in [3.05, 3.63) is 61.8 Å². The van der Waals surface area contributed by atoms with Crippen molar-refractivity contribution in [3.63, 3.8) is 0 Å². The van der Waals surface area contributed by atoms with Crippen molar-refractivity contribution in [2.24, 2.45) is 0 Å². The minimum Gasteiger partial charge on any atom is -0.331 e. The number of carbonyl (C=O) groups is 1. The Morgan fingerprint density at radius 3 is 3.00 bits per heavy atom. The van der Waals surface area contributed by atoms with Crippen molar-refractivity contribution in [2.75, 3.05) is 6.54 Å².